The molecule has 0 radical (unpaired) electrons. The Bertz CT molecular complexity index is 588. The van der Waals surface area contributed by atoms with Gasteiger partial charge in [0, 0.05) is 38.4 Å². The number of amides is 2. The molecule has 3 rings (SSSR count). The lowest BCUT2D eigenvalue weighted by Gasteiger charge is -2.35. The minimum Gasteiger partial charge on any atom is -0.481 e. The fraction of sp³-hybridized carbons (Fsp3) is 0.571. The molecule has 0 atom stereocenters. The van der Waals surface area contributed by atoms with Crippen molar-refractivity contribution in [3.8, 4) is 5.88 Å². The van der Waals surface area contributed by atoms with E-state index in [-0.39, 0.29) is 12.5 Å². The van der Waals surface area contributed by atoms with Crippen LogP contribution >= 0.6 is 0 Å². The molecule has 3 heterocycles. The predicted molar refractivity (Wildman–Crippen MR) is 80.3 cm³/mol. The van der Waals surface area contributed by atoms with Crippen LogP contribution in [0.5, 0.6) is 5.88 Å². The highest BCUT2D eigenvalue weighted by Crippen LogP contribution is 2.15. The van der Waals surface area contributed by atoms with Crippen LogP contribution in [0.3, 0.4) is 0 Å². The number of hydrogen-bond donors (Lipinski definition) is 0. The minimum atomic E-state index is -0.415. The number of ether oxygens (including phenoxy) is 2. The first-order valence-corrected chi connectivity index (χ1v) is 7.49. The number of nitrogens with zero attached hydrogens (tertiary/aromatic N) is 5. The van der Waals surface area contributed by atoms with Gasteiger partial charge in [0.25, 0.3) is 0 Å². The van der Waals surface area contributed by atoms with Gasteiger partial charge in [-0.1, -0.05) is 0 Å². The Morgan fingerprint density at radius 3 is 2.74 bits per heavy atom. The van der Waals surface area contributed by atoms with Crippen LogP contribution in [0, 0.1) is 0 Å². The molecule has 2 aliphatic heterocycles. The lowest BCUT2D eigenvalue weighted by molar-refractivity contribution is -0.132. The maximum Gasteiger partial charge on any atom is 0.410 e. The first-order chi connectivity index (χ1) is 11.2. The van der Waals surface area contributed by atoms with Gasteiger partial charge in [-0.05, 0) is 0 Å². The number of methoxy groups -OCH3 is 1. The zero-order chi connectivity index (χ0) is 16.2. The second-order valence-corrected chi connectivity index (χ2v) is 5.30. The molecule has 1 aromatic rings. The fourth-order valence-electron chi connectivity index (χ4n) is 2.59. The SMILES string of the molecule is COc1ccnc(N2CCN(C(=O)CN3CCOC3=O)CC2)n1. The molecule has 9 heteroatoms. The largest absolute Gasteiger partial charge is 0.481 e. The van der Waals surface area contributed by atoms with Crippen molar-refractivity contribution in [2.24, 2.45) is 0 Å². The Labute approximate surface area is 133 Å². The van der Waals surface area contributed by atoms with Gasteiger partial charge in [-0.2, -0.15) is 4.98 Å². The quantitative estimate of drug-likeness (QED) is 0.744. The maximum atomic E-state index is 12.2. The van der Waals surface area contributed by atoms with Gasteiger partial charge in [-0.15, -0.1) is 0 Å². The molecular weight excluding hydrogens is 302 g/mol. The molecule has 2 saturated heterocycles. The summed E-state index contributed by atoms with van der Waals surface area (Å²) < 4.78 is 9.93. The standard InChI is InChI=1S/C14H19N5O4/c1-22-11-2-3-15-13(16-11)18-6-4-17(5-7-18)12(20)10-19-8-9-23-14(19)21/h2-3H,4-10H2,1H3. The molecule has 2 aliphatic rings. The van der Waals surface area contributed by atoms with Crippen LogP contribution in [-0.4, -0.2) is 84.8 Å². The van der Waals surface area contributed by atoms with E-state index in [9.17, 15) is 9.59 Å². The fourth-order valence-corrected chi connectivity index (χ4v) is 2.59. The zero-order valence-corrected chi connectivity index (χ0v) is 13.0. The Kier molecular flexibility index (Phi) is 4.45. The van der Waals surface area contributed by atoms with E-state index in [0.717, 1.165) is 0 Å². The number of piperazine rings is 1. The molecule has 0 spiro atoms. The van der Waals surface area contributed by atoms with Crippen molar-refractivity contribution in [1.29, 1.82) is 0 Å². The number of carbonyl (C=O) groups excluding carboxylic acids is 2. The van der Waals surface area contributed by atoms with Crippen LogP contribution in [0.1, 0.15) is 0 Å². The van der Waals surface area contributed by atoms with E-state index in [4.69, 9.17) is 9.47 Å². The van der Waals surface area contributed by atoms with Gasteiger partial charge < -0.3 is 19.3 Å². The van der Waals surface area contributed by atoms with Gasteiger partial charge in [-0.25, -0.2) is 9.78 Å². The molecule has 2 amide bonds. The first-order valence-electron chi connectivity index (χ1n) is 7.49. The molecule has 1 aromatic heterocycles. The molecule has 0 aromatic carbocycles. The number of cyclic esters (lactones) is 1. The molecule has 2 fully saturated rings. The van der Waals surface area contributed by atoms with Crippen molar-refractivity contribution in [3.05, 3.63) is 12.3 Å². The number of hydrogen-bond acceptors (Lipinski definition) is 7. The summed E-state index contributed by atoms with van der Waals surface area (Å²) in [6.07, 6.45) is 1.24. The Balaban J connectivity index is 1.53. The topological polar surface area (TPSA) is 88.1 Å². The van der Waals surface area contributed by atoms with E-state index in [1.165, 1.54) is 4.90 Å². The molecule has 0 saturated carbocycles. The first kappa shape index (κ1) is 15.3. The second kappa shape index (κ2) is 6.67. The molecular formula is C14H19N5O4. The van der Waals surface area contributed by atoms with E-state index in [1.807, 2.05) is 4.90 Å². The average molecular weight is 321 g/mol. The highest BCUT2D eigenvalue weighted by Gasteiger charge is 2.28. The number of carbonyl (C=O) groups is 2. The van der Waals surface area contributed by atoms with E-state index in [2.05, 4.69) is 9.97 Å². The van der Waals surface area contributed by atoms with E-state index in [1.54, 1.807) is 24.3 Å². The van der Waals surface area contributed by atoms with Crippen LogP contribution in [0.4, 0.5) is 10.7 Å². The Morgan fingerprint density at radius 2 is 2.09 bits per heavy atom. The van der Waals surface area contributed by atoms with Crippen LogP contribution in [0.2, 0.25) is 0 Å². The summed E-state index contributed by atoms with van der Waals surface area (Å²) in [5.41, 5.74) is 0. The zero-order valence-electron chi connectivity index (χ0n) is 13.0. The predicted octanol–water partition coefficient (Wildman–Crippen LogP) is -0.414. The van der Waals surface area contributed by atoms with Crippen molar-refractivity contribution < 1.29 is 19.1 Å². The second-order valence-electron chi connectivity index (χ2n) is 5.30. The highest BCUT2D eigenvalue weighted by molar-refractivity contribution is 5.83. The van der Waals surface area contributed by atoms with Crippen LogP contribution < -0.4 is 9.64 Å². The molecule has 124 valence electrons. The molecule has 9 nitrogen and oxygen atoms in total. The van der Waals surface area contributed by atoms with Gasteiger partial charge in [0.15, 0.2) is 0 Å². The van der Waals surface area contributed by atoms with Crippen molar-refractivity contribution in [3.63, 3.8) is 0 Å². The lowest BCUT2D eigenvalue weighted by Crippen LogP contribution is -2.51. The number of aromatic nitrogens is 2. The molecule has 0 N–H and O–H groups in total. The smallest absolute Gasteiger partial charge is 0.410 e. The van der Waals surface area contributed by atoms with Gasteiger partial charge in [-0.3, -0.25) is 9.69 Å². The third-order valence-corrected chi connectivity index (χ3v) is 3.91. The van der Waals surface area contributed by atoms with Crippen molar-refractivity contribution >= 4 is 17.9 Å². The van der Waals surface area contributed by atoms with Crippen molar-refractivity contribution in [2.75, 3.05) is 57.9 Å². The lowest BCUT2D eigenvalue weighted by atomic mass is 10.3. The normalized spacial score (nSPS) is 18.1. The van der Waals surface area contributed by atoms with Crippen LogP contribution in [-0.2, 0) is 9.53 Å². The third kappa shape index (κ3) is 3.43. The van der Waals surface area contributed by atoms with Gasteiger partial charge >= 0.3 is 6.09 Å². The molecule has 0 bridgehead atoms. The highest BCUT2D eigenvalue weighted by atomic mass is 16.6. The summed E-state index contributed by atoms with van der Waals surface area (Å²) >= 11 is 0. The average Bonchev–Trinajstić information content (AvgIpc) is 3.00. The summed E-state index contributed by atoms with van der Waals surface area (Å²) in [4.78, 5) is 37.4. The van der Waals surface area contributed by atoms with Crippen LogP contribution in [0.15, 0.2) is 12.3 Å². The van der Waals surface area contributed by atoms with E-state index >= 15 is 0 Å². The summed E-state index contributed by atoms with van der Waals surface area (Å²) in [6, 6.07) is 1.69. The summed E-state index contributed by atoms with van der Waals surface area (Å²) in [5, 5.41) is 0. The monoisotopic (exact) mass is 321 g/mol. The van der Waals surface area contributed by atoms with Gasteiger partial charge in [0.2, 0.25) is 17.7 Å². The summed E-state index contributed by atoms with van der Waals surface area (Å²) in [5.74, 6) is 1.05. The minimum absolute atomic E-state index is 0.0601. The Hall–Kier alpha value is -2.58. The number of rotatable bonds is 4. The third-order valence-electron chi connectivity index (χ3n) is 3.91. The summed E-state index contributed by atoms with van der Waals surface area (Å²) in [7, 11) is 1.56. The van der Waals surface area contributed by atoms with Gasteiger partial charge in [0.1, 0.15) is 13.2 Å². The molecule has 0 aliphatic carbocycles. The van der Waals surface area contributed by atoms with E-state index in [0.29, 0.717) is 51.2 Å². The van der Waals surface area contributed by atoms with E-state index < -0.39 is 6.09 Å². The number of anilines is 1. The molecule has 23 heavy (non-hydrogen) atoms. The summed E-state index contributed by atoms with van der Waals surface area (Å²) in [6.45, 7) is 3.33. The Morgan fingerprint density at radius 1 is 1.30 bits per heavy atom. The van der Waals surface area contributed by atoms with Gasteiger partial charge in [0.05, 0.1) is 13.7 Å². The van der Waals surface area contributed by atoms with Crippen molar-refractivity contribution in [1.82, 2.24) is 19.8 Å². The maximum absolute atomic E-state index is 12.2. The van der Waals surface area contributed by atoms with Crippen LogP contribution in [0.25, 0.3) is 0 Å². The molecule has 0 unspecified atom stereocenters. The van der Waals surface area contributed by atoms with Crippen molar-refractivity contribution in [2.45, 2.75) is 0 Å².